The summed E-state index contributed by atoms with van der Waals surface area (Å²) in [6, 6.07) is 14.8. The molecule has 3 rings (SSSR count). The van der Waals surface area contributed by atoms with E-state index in [1.807, 2.05) is 83.3 Å². The van der Waals surface area contributed by atoms with Gasteiger partial charge in [-0.25, -0.2) is 5.43 Å². The molecule has 0 spiro atoms. The Labute approximate surface area is 194 Å². The lowest BCUT2D eigenvalue weighted by Crippen LogP contribution is -2.47. The Morgan fingerprint density at radius 1 is 1.09 bits per heavy atom. The van der Waals surface area contributed by atoms with Crippen LogP contribution in [0.25, 0.3) is 10.9 Å². The second-order valence-corrected chi connectivity index (χ2v) is 8.61. The lowest BCUT2D eigenvalue weighted by Gasteiger charge is -2.19. The first kappa shape index (κ1) is 24.0. The lowest BCUT2D eigenvalue weighted by molar-refractivity contribution is -0.130. The topological polar surface area (TPSA) is 84.7 Å². The number of hydrogen-bond donors (Lipinski definition) is 2. The molecule has 7 nitrogen and oxygen atoms in total. The predicted molar refractivity (Wildman–Crippen MR) is 131 cm³/mol. The summed E-state index contributed by atoms with van der Waals surface area (Å²) in [7, 11) is 2.00. The fourth-order valence-electron chi connectivity index (χ4n) is 3.75. The maximum absolute atomic E-state index is 12.8. The van der Waals surface area contributed by atoms with E-state index in [0.717, 1.165) is 27.7 Å². The minimum Gasteiger partial charge on any atom is -0.484 e. The first-order valence-corrected chi connectivity index (χ1v) is 11.1. The highest BCUT2D eigenvalue weighted by Gasteiger charge is 2.22. The summed E-state index contributed by atoms with van der Waals surface area (Å²) in [5.74, 6) is 0.144. The number of hydrazone groups is 1. The van der Waals surface area contributed by atoms with Crippen molar-refractivity contribution in [2.75, 3.05) is 6.61 Å². The molecule has 174 valence electrons. The van der Waals surface area contributed by atoms with Crippen LogP contribution in [-0.4, -0.2) is 35.2 Å². The maximum atomic E-state index is 12.8. The molecule has 7 heteroatoms. The zero-order valence-electron chi connectivity index (χ0n) is 19.9. The number of nitrogens with one attached hydrogen (secondary N) is 2. The monoisotopic (exact) mass is 448 g/mol. The number of nitrogens with zero attached hydrogens (tertiary/aromatic N) is 2. The van der Waals surface area contributed by atoms with Crippen molar-refractivity contribution < 1.29 is 14.3 Å². The van der Waals surface area contributed by atoms with Crippen LogP contribution in [0.2, 0.25) is 0 Å². The first-order valence-electron chi connectivity index (χ1n) is 11.1. The zero-order chi connectivity index (χ0) is 24.0. The van der Waals surface area contributed by atoms with Crippen molar-refractivity contribution in [3.8, 4) is 5.75 Å². The average molecular weight is 449 g/mol. The van der Waals surface area contributed by atoms with Gasteiger partial charge in [-0.05, 0) is 43.9 Å². The molecule has 2 N–H and O–H groups in total. The van der Waals surface area contributed by atoms with Gasteiger partial charge in [0.1, 0.15) is 11.8 Å². The molecule has 3 aromatic rings. The molecule has 0 unspecified atom stereocenters. The van der Waals surface area contributed by atoms with Crippen molar-refractivity contribution in [3.05, 3.63) is 65.4 Å². The SMILES string of the molecule is Cc1ccccc1OCC(=O)N[C@@H](CC(C)C)C(=O)N/N=C\c1c(C)n(C)c2ccccc12. The van der Waals surface area contributed by atoms with Crippen molar-refractivity contribution in [1.29, 1.82) is 0 Å². The summed E-state index contributed by atoms with van der Waals surface area (Å²) in [5.41, 5.74) is 6.63. The van der Waals surface area contributed by atoms with Crippen molar-refractivity contribution in [1.82, 2.24) is 15.3 Å². The van der Waals surface area contributed by atoms with Gasteiger partial charge in [0.05, 0.1) is 6.21 Å². The molecule has 0 aliphatic rings. The van der Waals surface area contributed by atoms with Crippen molar-refractivity contribution in [2.45, 2.75) is 40.2 Å². The number of carbonyl (C=O) groups is 2. The number of benzene rings is 2. The third-order valence-corrected chi connectivity index (χ3v) is 5.63. The third-order valence-electron chi connectivity index (χ3n) is 5.63. The minimum absolute atomic E-state index is 0.162. The first-order chi connectivity index (χ1) is 15.8. The van der Waals surface area contributed by atoms with Gasteiger partial charge in [0.25, 0.3) is 11.8 Å². The van der Waals surface area contributed by atoms with Crippen LogP contribution in [0.5, 0.6) is 5.75 Å². The molecule has 0 fully saturated rings. The number of rotatable bonds is 9. The van der Waals surface area contributed by atoms with E-state index >= 15 is 0 Å². The summed E-state index contributed by atoms with van der Waals surface area (Å²) in [4.78, 5) is 25.3. The van der Waals surface area contributed by atoms with Gasteiger partial charge in [0.15, 0.2) is 6.61 Å². The van der Waals surface area contributed by atoms with E-state index in [1.54, 1.807) is 6.21 Å². The van der Waals surface area contributed by atoms with Crippen LogP contribution in [0.1, 0.15) is 37.1 Å². The van der Waals surface area contributed by atoms with Crippen LogP contribution in [0.3, 0.4) is 0 Å². The molecule has 1 aromatic heterocycles. The van der Waals surface area contributed by atoms with Gasteiger partial charge in [-0.1, -0.05) is 50.2 Å². The van der Waals surface area contributed by atoms with Crippen molar-refractivity contribution in [3.63, 3.8) is 0 Å². The number of aryl methyl sites for hydroxylation is 2. The second-order valence-electron chi connectivity index (χ2n) is 8.61. The average Bonchev–Trinajstić information content (AvgIpc) is 3.03. The number of carbonyl (C=O) groups excluding carboxylic acids is 2. The summed E-state index contributed by atoms with van der Waals surface area (Å²) in [6.07, 6.45) is 2.15. The van der Waals surface area contributed by atoms with E-state index in [2.05, 4.69) is 20.4 Å². The van der Waals surface area contributed by atoms with E-state index in [9.17, 15) is 9.59 Å². The molecule has 1 atom stereocenters. The summed E-state index contributed by atoms with van der Waals surface area (Å²) < 4.78 is 7.70. The fraction of sp³-hybridized carbons (Fsp3) is 0.346. The van der Waals surface area contributed by atoms with E-state index in [0.29, 0.717) is 12.2 Å². The minimum atomic E-state index is -0.705. The van der Waals surface area contributed by atoms with Crippen molar-refractivity contribution >= 4 is 28.9 Å². The van der Waals surface area contributed by atoms with Gasteiger partial charge in [-0.15, -0.1) is 0 Å². The van der Waals surface area contributed by atoms with Crippen LogP contribution in [0.4, 0.5) is 0 Å². The smallest absolute Gasteiger partial charge is 0.262 e. The fourth-order valence-corrected chi connectivity index (χ4v) is 3.75. The van der Waals surface area contributed by atoms with Gasteiger partial charge in [0, 0.05) is 29.2 Å². The number of amides is 2. The molecule has 0 saturated carbocycles. The van der Waals surface area contributed by atoms with Gasteiger partial charge in [-0.3, -0.25) is 9.59 Å². The van der Waals surface area contributed by atoms with E-state index in [4.69, 9.17) is 4.74 Å². The molecule has 0 bridgehead atoms. The predicted octanol–water partition coefficient (Wildman–Crippen LogP) is 3.86. The maximum Gasteiger partial charge on any atom is 0.262 e. The van der Waals surface area contributed by atoms with Crippen LogP contribution in [0.15, 0.2) is 53.6 Å². The van der Waals surface area contributed by atoms with E-state index in [-0.39, 0.29) is 24.3 Å². The largest absolute Gasteiger partial charge is 0.484 e. The van der Waals surface area contributed by atoms with Crippen LogP contribution >= 0.6 is 0 Å². The summed E-state index contributed by atoms with van der Waals surface area (Å²) in [6.45, 7) is 7.76. The van der Waals surface area contributed by atoms with Crippen molar-refractivity contribution in [2.24, 2.45) is 18.1 Å². The Kier molecular flexibility index (Phi) is 7.87. The molecule has 0 aliphatic carbocycles. The molecule has 0 aliphatic heterocycles. The Morgan fingerprint density at radius 2 is 1.79 bits per heavy atom. The van der Waals surface area contributed by atoms with Crippen LogP contribution < -0.4 is 15.5 Å². The Hall–Kier alpha value is -3.61. The molecule has 1 heterocycles. The number of ether oxygens (including phenoxy) is 1. The van der Waals surface area contributed by atoms with Gasteiger partial charge < -0.3 is 14.6 Å². The molecule has 33 heavy (non-hydrogen) atoms. The van der Waals surface area contributed by atoms with Crippen LogP contribution in [-0.2, 0) is 16.6 Å². The summed E-state index contributed by atoms with van der Waals surface area (Å²) >= 11 is 0. The van der Waals surface area contributed by atoms with E-state index in [1.165, 1.54) is 0 Å². The van der Waals surface area contributed by atoms with Gasteiger partial charge >= 0.3 is 0 Å². The van der Waals surface area contributed by atoms with Crippen LogP contribution in [0, 0.1) is 19.8 Å². The Bertz CT molecular complexity index is 1160. The third kappa shape index (κ3) is 6.00. The van der Waals surface area contributed by atoms with Gasteiger partial charge in [0.2, 0.25) is 0 Å². The zero-order valence-corrected chi connectivity index (χ0v) is 19.9. The lowest BCUT2D eigenvalue weighted by atomic mass is 10.0. The molecule has 2 aromatic carbocycles. The number of fused-ring (bicyclic) bond motifs is 1. The molecular formula is C26H32N4O3. The highest BCUT2D eigenvalue weighted by Crippen LogP contribution is 2.23. The molecular weight excluding hydrogens is 416 g/mol. The Balaban J connectivity index is 1.64. The standard InChI is InChI=1S/C26H32N4O3/c1-17(2)14-22(28-25(31)16-33-24-13-9-6-10-18(24)3)26(32)29-27-15-21-19(4)30(5)23-12-8-7-11-20(21)23/h6-13,15,17,22H,14,16H2,1-5H3,(H,28,31)(H,29,32)/b27-15-/t22-/m0/s1. The number of aromatic nitrogens is 1. The molecule has 0 radical (unpaired) electrons. The number of hydrogen-bond acceptors (Lipinski definition) is 4. The normalized spacial score (nSPS) is 12.3. The molecule has 2 amide bonds. The number of para-hydroxylation sites is 2. The highest BCUT2D eigenvalue weighted by molar-refractivity contribution is 6.01. The second kappa shape index (κ2) is 10.8. The Morgan fingerprint density at radius 3 is 2.52 bits per heavy atom. The van der Waals surface area contributed by atoms with E-state index < -0.39 is 6.04 Å². The van der Waals surface area contributed by atoms with Gasteiger partial charge in [-0.2, -0.15) is 5.10 Å². The quantitative estimate of drug-likeness (QED) is 0.385. The highest BCUT2D eigenvalue weighted by atomic mass is 16.5. The molecule has 0 saturated heterocycles. The summed E-state index contributed by atoms with van der Waals surface area (Å²) in [5, 5.41) is 8.03.